The van der Waals surface area contributed by atoms with E-state index in [1.807, 2.05) is 31.2 Å². The second kappa shape index (κ2) is 10.6. The zero-order chi connectivity index (χ0) is 23.1. The Morgan fingerprint density at radius 1 is 1.06 bits per heavy atom. The van der Waals surface area contributed by atoms with Gasteiger partial charge in [-0.15, -0.1) is 0 Å². The van der Waals surface area contributed by atoms with E-state index in [1.165, 1.54) is 23.5 Å². The van der Waals surface area contributed by atoms with Crippen molar-refractivity contribution in [1.82, 2.24) is 14.9 Å². The lowest BCUT2D eigenvalue weighted by Gasteiger charge is -2.34. The highest BCUT2D eigenvalue weighted by Crippen LogP contribution is 2.23. The van der Waals surface area contributed by atoms with Crippen molar-refractivity contribution in [1.29, 1.82) is 0 Å². The normalized spacial score (nSPS) is 16.9. The number of amides is 2. The van der Waals surface area contributed by atoms with E-state index in [4.69, 9.17) is 9.47 Å². The maximum absolute atomic E-state index is 13.1. The van der Waals surface area contributed by atoms with Gasteiger partial charge in [0.05, 0.1) is 25.2 Å². The molecule has 1 aliphatic rings. The van der Waals surface area contributed by atoms with E-state index in [1.54, 1.807) is 12.1 Å². The number of carbonyl (C=O) groups excluding carboxylic acids is 2. The third kappa shape index (κ3) is 5.84. The summed E-state index contributed by atoms with van der Waals surface area (Å²) >= 11 is 0. The highest BCUT2D eigenvalue weighted by Gasteiger charge is 2.35. The summed E-state index contributed by atoms with van der Waals surface area (Å²) < 4.78 is 38.0. The second-order valence-electron chi connectivity index (χ2n) is 7.35. The fraction of sp³-hybridized carbons (Fsp3) is 0.364. The van der Waals surface area contributed by atoms with Crippen LogP contribution in [0.5, 0.6) is 5.75 Å². The lowest BCUT2D eigenvalue weighted by molar-refractivity contribution is -0.140. The van der Waals surface area contributed by atoms with Crippen molar-refractivity contribution in [3.63, 3.8) is 0 Å². The number of hydrogen-bond donors (Lipinski definition) is 2. The Labute approximate surface area is 187 Å². The van der Waals surface area contributed by atoms with Gasteiger partial charge in [-0.05, 0) is 43.2 Å². The van der Waals surface area contributed by atoms with E-state index in [0.717, 1.165) is 11.1 Å². The van der Waals surface area contributed by atoms with Gasteiger partial charge in [0.25, 0.3) is 0 Å². The highest BCUT2D eigenvalue weighted by atomic mass is 32.2. The summed E-state index contributed by atoms with van der Waals surface area (Å²) in [7, 11) is -2.36. The molecule has 3 rings (SSSR count). The number of nitrogens with zero attached hydrogens (tertiary/aromatic N) is 1. The molecule has 0 bridgehead atoms. The minimum atomic E-state index is -3.85. The summed E-state index contributed by atoms with van der Waals surface area (Å²) in [5.74, 6) is -1.11. The third-order valence-electron chi connectivity index (χ3n) is 5.04. The standard InChI is InChI=1S/C22H27N3O6S/c1-16-4-6-17(7-5-16)14-23-21(26)22(27)24-15-20-25(12-3-13-31-20)32(28,29)19-10-8-18(30-2)9-11-19/h4-11,20H,3,12-15H2,1-2H3,(H,23,26)(H,24,27). The van der Waals surface area contributed by atoms with Crippen molar-refractivity contribution in [3.05, 3.63) is 59.7 Å². The molecule has 0 aliphatic carbocycles. The highest BCUT2D eigenvalue weighted by molar-refractivity contribution is 7.89. The first-order valence-corrected chi connectivity index (χ1v) is 11.6. The quantitative estimate of drug-likeness (QED) is 0.599. The third-order valence-corrected chi connectivity index (χ3v) is 6.94. The SMILES string of the molecule is COc1ccc(S(=O)(=O)N2CCCOC2CNC(=O)C(=O)NCc2ccc(C)cc2)cc1. The van der Waals surface area contributed by atoms with E-state index in [-0.39, 0.29) is 24.5 Å². The molecular weight excluding hydrogens is 434 g/mol. The molecule has 1 unspecified atom stereocenters. The van der Waals surface area contributed by atoms with E-state index >= 15 is 0 Å². The van der Waals surface area contributed by atoms with Crippen molar-refractivity contribution in [3.8, 4) is 5.75 Å². The number of methoxy groups -OCH3 is 1. The molecule has 2 aromatic carbocycles. The van der Waals surface area contributed by atoms with E-state index in [9.17, 15) is 18.0 Å². The average Bonchev–Trinajstić information content (AvgIpc) is 2.82. The molecular formula is C22H27N3O6S. The molecule has 32 heavy (non-hydrogen) atoms. The summed E-state index contributed by atoms with van der Waals surface area (Å²) in [4.78, 5) is 24.4. The zero-order valence-corrected chi connectivity index (χ0v) is 18.9. The first-order chi connectivity index (χ1) is 15.3. The van der Waals surface area contributed by atoms with Crippen LogP contribution in [0.1, 0.15) is 17.5 Å². The number of hydrogen-bond acceptors (Lipinski definition) is 6. The summed E-state index contributed by atoms with van der Waals surface area (Å²) in [5, 5.41) is 5.02. The average molecular weight is 462 g/mol. The molecule has 2 aromatic rings. The van der Waals surface area contributed by atoms with Gasteiger partial charge in [-0.3, -0.25) is 9.59 Å². The molecule has 1 saturated heterocycles. The minimum absolute atomic E-state index is 0.0935. The smallest absolute Gasteiger partial charge is 0.309 e. The molecule has 0 aromatic heterocycles. The monoisotopic (exact) mass is 461 g/mol. The molecule has 1 aliphatic heterocycles. The van der Waals surface area contributed by atoms with E-state index < -0.39 is 28.1 Å². The summed E-state index contributed by atoms with van der Waals surface area (Å²) in [5.41, 5.74) is 1.96. The molecule has 1 atom stereocenters. The van der Waals surface area contributed by atoms with E-state index in [0.29, 0.717) is 18.8 Å². The molecule has 2 amide bonds. The van der Waals surface area contributed by atoms with Gasteiger partial charge in [0, 0.05) is 13.1 Å². The summed E-state index contributed by atoms with van der Waals surface area (Å²) in [6.07, 6.45) is -0.388. The van der Waals surface area contributed by atoms with Gasteiger partial charge < -0.3 is 20.1 Å². The van der Waals surface area contributed by atoms with Gasteiger partial charge in [0.15, 0.2) is 0 Å². The van der Waals surface area contributed by atoms with Crippen LogP contribution in [-0.2, 0) is 30.9 Å². The lowest BCUT2D eigenvalue weighted by Crippen LogP contribution is -2.53. The van der Waals surface area contributed by atoms with Gasteiger partial charge in [-0.2, -0.15) is 4.31 Å². The maximum atomic E-state index is 13.1. The van der Waals surface area contributed by atoms with Crippen LogP contribution in [-0.4, -0.2) is 57.6 Å². The van der Waals surface area contributed by atoms with Crippen LogP contribution < -0.4 is 15.4 Å². The lowest BCUT2D eigenvalue weighted by atomic mass is 10.1. The molecule has 0 saturated carbocycles. The number of ether oxygens (including phenoxy) is 2. The Kier molecular flexibility index (Phi) is 7.84. The van der Waals surface area contributed by atoms with Gasteiger partial charge in [0.2, 0.25) is 10.0 Å². The number of nitrogens with one attached hydrogen (secondary N) is 2. The fourth-order valence-electron chi connectivity index (χ4n) is 3.21. The van der Waals surface area contributed by atoms with Crippen LogP contribution >= 0.6 is 0 Å². The largest absolute Gasteiger partial charge is 0.497 e. The molecule has 0 radical (unpaired) electrons. The summed E-state index contributed by atoms with van der Waals surface area (Å²) in [6.45, 7) is 2.63. The van der Waals surface area contributed by atoms with Gasteiger partial charge in [-0.1, -0.05) is 29.8 Å². The maximum Gasteiger partial charge on any atom is 0.309 e. The number of aryl methyl sites for hydroxylation is 1. The minimum Gasteiger partial charge on any atom is -0.497 e. The fourth-order valence-corrected chi connectivity index (χ4v) is 4.78. The van der Waals surface area contributed by atoms with Crippen LogP contribution in [0.25, 0.3) is 0 Å². The van der Waals surface area contributed by atoms with Crippen LogP contribution in [0.15, 0.2) is 53.4 Å². The van der Waals surface area contributed by atoms with Crippen LogP contribution in [0.4, 0.5) is 0 Å². The van der Waals surface area contributed by atoms with Crippen LogP contribution in [0, 0.1) is 6.92 Å². The molecule has 9 nitrogen and oxygen atoms in total. The van der Waals surface area contributed by atoms with Crippen LogP contribution in [0.2, 0.25) is 0 Å². The topological polar surface area (TPSA) is 114 Å². The number of sulfonamides is 1. The van der Waals surface area contributed by atoms with Crippen molar-refractivity contribution in [2.75, 3.05) is 26.8 Å². The number of carbonyl (C=O) groups is 2. The van der Waals surface area contributed by atoms with Gasteiger partial charge >= 0.3 is 11.8 Å². The Morgan fingerprint density at radius 2 is 1.72 bits per heavy atom. The Balaban J connectivity index is 1.58. The van der Waals surface area contributed by atoms with Gasteiger partial charge in [0.1, 0.15) is 12.0 Å². The molecule has 0 spiro atoms. The van der Waals surface area contributed by atoms with Crippen molar-refractivity contribution < 1.29 is 27.5 Å². The Morgan fingerprint density at radius 3 is 2.38 bits per heavy atom. The molecule has 10 heteroatoms. The Bertz CT molecular complexity index is 1040. The molecule has 172 valence electrons. The zero-order valence-electron chi connectivity index (χ0n) is 18.0. The predicted molar refractivity (Wildman–Crippen MR) is 117 cm³/mol. The molecule has 1 fully saturated rings. The van der Waals surface area contributed by atoms with Crippen LogP contribution in [0.3, 0.4) is 0 Å². The van der Waals surface area contributed by atoms with Crippen molar-refractivity contribution in [2.24, 2.45) is 0 Å². The number of rotatable bonds is 7. The predicted octanol–water partition coefficient (Wildman–Crippen LogP) is 1.17. The second-order valence-corrected chi connectivity index (χ2v) is 9.24. The first kappa shape index (κ1) is 23.7. The first-order valence-electron chi connectivity index (χ1n) is 10.2. The van der Waals surface area contributed by atoms with Crippen molar-refractivity contribution >= 4 is 21.8 Å². The van der Waals surface area contributed by atoms with Gasteiger partial charge in [-0.25, -0.2) is 8.42 Å². The Hall–Kier alpha value is -2.95. The molecule has 1 heterocycles. The summed E-state index contributed by atoms with van der Waals surface area (Å²) in [6, 6.07) is 13.6. The molecule has 2 N–H and O–H groups in total. The van der Waals surface area contributed by atoms with Crippen molar-refractivity contribution in [2.45, 2.75) is 31.0 Å². The number of benzene rings is 2. The van der Waals surface area contributed by atoms with E-state index in [2.05, 4.69) is 10.6 Å².